The van der Waals surface area contributed by atoms with Crippen molar-refractivity contribution in [2.75, 3.05) is 26.2 Å². The summed E-state index contributed by atoms with van der Waals surface area (Å²) in [7, 11) is 0. The van der Waals surface area contributed by atoms with E-state index in [1.807, 2.05) is 13.8 Å². The lowest BCUT2D eigenvalue weighted by Gasteiger charge is -2.20. The zero-order valence-corrected chi connectivity index (χ0v) is 13.3. The van der Waals surface area contributed by atoms with Gasteiger partial charge in [-0.15, -0.1) is 12.4 Å². The van der Waals surface area contributed by atoms with Gasteiger partial charge in [0.05, 0.1) is 12.6 Å². The summed E-state index contributed by atoms with van der Waals surface area (Å²) in [6.07, 6.45) is -2.66. The van der Waals surface area contributed by atoms with Crippen LogP contribution < -0.4 is 11.1 Å². The second-order valence-electron chi connectivity index (χ2n) is 5.66. The number of carbonyl (C=O) groups is 1. The van der Waals surface area contributed by atoms with E-state index in [4.69, 9.17) is 5.73 Å². The molecule has 1 aliphatic heterocycles. The summed E-state index contributed by atoms with van der Waals surface area (Å²) >= 11 is 0. The maximum Gasteiger partial charge on any atom is 0.401 e. The molecule has 21 heavy (non-hydrogen) atoms. The number of rotatable bonds is 6. The molecule has 1 rings (SSSR count). The van der Waals surface area contributed by atoms with Gasteiger partial charge in [-0.3, -0.25) is 9.69 Å². The number of amides is 1. The highest BCUT2D eigenvalue weighted by atomic mass is 35.5. The maximum absolute atomic E-state index is 12.3. The predicted molar refractivity (Wildman–Crippen MR) is 78.3 cm³/mol. The number of halogens is 4. The van der Waals surface area contributed by atoms with Crippen LogP contribution in [0.1, 0.15) is 26.7 Å². The average molecular weight is 332 g/mol. The van der Waals surface area contributed by atoms with E-state index in [0.29, 0.717) is 26.1 Å². The summed E-state index contributed by atoms with van der Waals surface area (Å²) in [6, 6.07) is -0.548. The largest absolute Gasteiger partial charge is 0.401 e. The van der Waals surface area contributed by atoms with Crippen molar-refractivity contribution in [1.29, 1.82) is 0 Å². The fraction of sp³-hybridized carbons (Fsp3) is 0.923. The van der Waals surface area contributed by atoms with Gasteiger partial charge in [-0.05, 0) is 24.8 Å². The Labute approximate surface area is 130 Å². The van der Waals surface area contributed by atoms with Crippen LogP contribution in [-0.2, 0) is 4.79 Å². The predicted octanol–water partition coefficient (Wildman–Crippen LogP) is 1.78. The van der Waals surface area contributed by atoms with Gasteiger partial charge in [0, 0.05) is 13.1 Å². The first-order chi connectivity index (χ1) is 9.23. The Morgan fingerprint density at radius 3 is 2.62 bits per heavy atom. The third kappa shape index (κ3) is 7.33. The Hall–Kier alpha value is -0.530. The molecule has 0 bridgehead atoms. The number of alkyl halides is 3. The normalized spacial score (nSPS) is 22.5. The third-order valence-electron chi connectivity index (χ3n) is 3.90. The first-order valence-corrected chi connectivity index (χ1v) is 7.05. The lowest BCUT2D eigenvalue weighted by Crippen LogP contribution is -2.46. The van der Waals surface area contributed by atoms with Crippen molar-refractivity contribution in [2.24, 2.45) is 17.6 Å². The van der Waals surface area contributed by atoms with E-state index < -0.39 is 18.8 Å². The van der Waals surface area contributed by atoms with Crippen LogP contribution in [0.2, 0.25) is 0 Å². The summed E-state index contributed by atoms with van der Waals surface area (Å²) in [6.45, 7) is 4.20. The average Bonchev–Trinajstić information content (AvgIpc) is 2.79. The van der Waals surface area contributed by atoms with E-state index in [0.717, 1.165) is 6.42 Å². The summed E-state index contributed by atoms with van der Waals surface area (Å²) in [4.78, 5) is 13.2. The smallest absolute Gasteiger partial charge is 0.354 e. The van der Waals surface area contributed by atoms with Crippen LogP contribution in [0.5, 0.6) is 0 Å². The van der Waals surface area contributed by atoms with Gasteiger partial charge in [-0.2, -0.15) is 13.2 Å². The standard InChI is InChI=1S/C13H24F3N3O.ClH/c1-3-9(2)11(17)12(20)18-6-10-4-5-19(7-10)8-13(14,15)16;/h9-11H,3-8,17H2,1-2H3,(H,18,20);1H. The Balaban J connectivity index is 0.00000400. The minimum Gasteiger partial charge on any atom is -0.354 e. The summed E-state index contributed by atoms with van der Waals surface area (Å²) in [5, 5.41) is 2.75. The molecule has 1 aliphatic rings. The molecule has 0 spiro atoms. The zero-order valence-electron chi connectivity index (χ0n) is 12.4. The molecule has 1 heterocycles. The Kier molecular flexibility index (Phi) is 8.58. The van der Waals surface area contributed by atoms with Crippen molar-refractivity contribution in [2.45, 2.75) is 38.9 Å². The van der Waals surface area contributed by atoms with Crippen molar-refractivity contribution < 1.29 is 18.0 Å². The van der Waals surface area contributed by atoms with Crippen LogP contribution in [0, 0.1) is 11.8 Å². The number of nitrogens with zero attached hydrogens (tertiary/aromatic N) is 1. The van der Waals surface area contributed by atoms with Crippen molar-refractivity contribution in [3.05, 3.63) is 0 Å². The molecule has 0 radical (unpaired) electrons. The molecule has 3 unspecified atom stereocenters. The second kappa shape index (κ2) is 8.80. The molecule has 0 saturated carbocycles. The van der Waals surface area contributed by atoms with E-state index in [2.05, 4.69) is 5.32 Å². The van der Waals surface area contributed by atoms with Crippen LogP contribution in [0.4, 0.5) is 13.2 Å². The van der Waals surface area contributed by atoms with E-state index >= 15 is 0 Å². The number of nitrogens with one attached hydrogen (secondary N) is 1. The lowest BCUT2D eigenvalue weighted by molar-refractivity contribution is -0.143. The molecule has 8 heteroatoms. The number of hydrogen-bond donors (Lipinski definition) is 2. The Morgan fingerprint density at radius 2 is 2.10 bits per heavy atom. The fourth-order valence-electron chi connectivity index (χ4n) is 2.35. The van der Waals surface area contributed by atoms with Gasteiger partial charge in [-0.25, -0.2) is 0 Å². The van der Waals surface area contributed by atoms with E-state index in [1.54, 1.807) is 0 Å². The Bertz CT molecular complexity index is 328. The minimum atomic E-state index is -4.16. The number of hydrogen-bond acceptors (Lipinski definition) is 3. The van der Waals surface area contributed by atoms with Crippen LogP contribution >= 0.6 is 12.4 Å². The van der Waals surface area contributed by atoms with Crippen molar-refractivity contribution in [3.8, 4) is 0 Å². The number of carbonyl (C=O) groups excluding carboxylic acids is 1. The molecule has 3 N–H and O–H groups in total. The quantitative estimate of drug-likeness (QED) is 0.780. The first-order valence-electron chi connectivity index (χ1n) is 7.05. The lowest BCUT2D eigenvalue weighted by atomic mass is 9.99. The van der Waals surface area contributed by atoms with Crippen LogP contribution in [-0.4, -0.2) is 49.2 Å². The molecule has 1 amide bonds. The third-order valence-corrected chi connectivity index (χ3v) is 3.90. The highest BCUT2D eigenvalue weighted by Crippen LogP contribution is 2.22. The summed E-state index contributed by atoms with van der Waals surface area (Å²) < 4.78 is 36.8. The van der Waals surface area contributed by atoms with Gasteiger partial charge >= 0.3 is 6.18 Å². The monoisotopic (exact) mass is 331 g/mol. The van der Waals surface area contributed by atoms with Gasteiger partial charge in [0.1, 0.15) is 0 Å². The highest BCUT2D eigenvalue weighted by molar-refractivity contribution is 5.85. The molecule has 1 saturated heterocycles. The molecule has 3 atom stereocenters. The topological polar surface area (TPSA) is 58.4 Å². The van der Waals surface area contributed by atoms with Crippen molar-refractivity contribution in [3.63, 3.8) is 0 Å². The van der Waals surface area contributed by atoms with Crippen LogP contribution in [0.3, 0.4) is 0 Å². The van der Waals surface area contributed by atoms with Gasteiger partial charge < -0.3 is 11.1 Å². The Morgan fingerprint density at radius 1 is 1.48 bits per heavy atom. The first kappa shape index (κ1) is 20.5. The molecular formula is C13H25ClF3N3O. The van der Waals surface area contributed by atoms with Gasteiger partial charge in [0.2, 0.25) is 5.91 Å². The van der Waals surface area contributed by atoms with Crippen LogP contribution in [0.15, 0.2) is 0 Å². The summed E-state index contributed by atoms with van der Waals surface area (Å²) in [5.41, 5.74) is 5.80. The fourth-order valence-corrected chi connectivity index (χ4v) is 2.35. The summed E-state index contributed by atoms with van der Waals surface area (Å²) in [5.74, 6) is -0.0423. The van der Waals surface area contributed by atoms with Crippen LogP contribution in [0.25, 0.3) is 0 Å². The highest BCUT2D eigenvalue weighted by Gasteiger charge is 2.34. The minimum absolute atomic E-state index is 0. The molecule has 126 valence electrons. The second-order valence-corrected chi connectivity index (χ2v) is 5.66. The van der Waals surface area contributed by atoms with E-state index in [9.17, 15) is 18.0 Å². The SMILES string of the molecule is CCC(C)C(N)C(=O)NCC1CCN(CC(F)(F)F)C1.Cl. The molecule has 4 nitrogen and oxygen atoms in total. The van der Waals surface area contributed by atoms with Gasteiger partial charge in [-0.1, -0.05) is 20.3 Å². The molecule has 1 fully saturated rings. The number of nitrogens with two attached hydrogens (primary N) is 1. The van der Waals surface area contributed by atoms with Gasteiger partial charge in [0.15, 0.2) is 0 Å². The van der Waals surface area contributed by atoms with E-state index in [-0.39, 0.29) is 30.2 Å². The maximum atomic E-state index is 12.3. The van der Waals surface area contributed by atoms with Gasteiger partial charge in [0.25, 0.3) is 0 Å². The molecule has 0 aliphatic carbocycles. The number of likely N-dealkylation sites (tertiary alicyclic amines) is 1. The zero-order chi connectivity index (χ0) is 15.3. The van der Waals surface area contributed by atoms with E-state index in [1.165, 1.54) is 4.90 Å². The molecular weight excluding hydrogens is 307 g/mol. The molecule has 0 aromatic carbocycles. The molecule has 0 aromatic heterocycles. The molecule has 0 aromatic rings. The van der Waals surface area contributed by atoms with Crippen molar-refractivity contribution in [1.82, 2.24) is 10.2 Å². The van der Waals surface area contributed by atoms with Crippen molar-refractivity contribution >= 4 is 18.3 Å².